The van der Waals surface area contributed by atoms with E-state index in [1.54, 1.807) is 13.0 Å². The second-order valence-corrected chi connectivity index (χ2v) is 6.39. The van der Waals surface area contributed by atoms with Gasteiger partial charge in [-0.25, -0.2) is 4.79 Å². The van der Waals surface area contributed by atoms with Crippen LogP contribution in [0.4, 0.5) is 0 Å². The number of carbonyl (C=O) groups excluding carboxylic acids is 1. The van der Waals surface area contributed by atoms with Crippen molar-refractivity contribution >= 4 is 11.9 Å². The second-order valence-electron chi connectivity index (χ2n) is 6.39. The van der Waals surface area contributed by atoms with Gasteiger partial charge in [0, 0.05) is 12.6 Å². The lowest BCUT2D eigenvalue weighted by molar-refractivity contribution is 0.0668. The Morgan fingerprint density at radius 1 is 1.10 bits per heavy atom. The molecule has 0 atom stereocenters. The monoisotopic (exact) mass is 287 g/mol. The first-order chi connectivity index (χ1) is 9.99. The van der Waals surface area contributed by atoms with E-state index in [1.807, 2.05) is 17.9 Å². The third kappa shape index (κ3) is 2.80. The van der Waals surface area contributed by atoms with Crippen LogP contribution in [0.15, 0.2) is 12.1 Å². The van der Waals surface area contributed by atoms with Crippen molar-refractivity contribution in [1.82, 2.24) is 4.90 Å². The lowest BCUT2D eigenvalue weighted by atomic mass is 9.96. The summed E-state index contributed by atoms with van der Waals surface area (Å²) in [5, 5.41) is 9.48. The Kier molecular flexibility index (Phi) is 3.47. The van der Waals surface area contributed by atoms with E-state index in [2.05, 4.69) is 0 Å². The molecule has 21 heavy (non-hydrogen) atoms. The normalized spacial score (nSPS) is 17.6. The molecule has 0 aliphatic heterocycles. The van der Waals surface area contributed by atoms with Gasteiger partial charge in [0.1, 0.15) is 0 Å². The molecule has 2 saturated carbocycles. The number of carboxylic acid groups (broad SMARTS) is 1. The summed E-state index contributed by atoms with van der Waals surface area (Å²) in [5.41, 5.74) is 1.96. The standard InChI is InChI=1S/C17H21NO3/c1-10-3-4-11(2)15(17(20)21)14(10)16(19)18(13-7-8-13)9-12-5-6-12/h3-4,12-13H,5-9H2,1-2H3,(H,20,21). The van der Waals surface area contributed by atoms with Crippen LogP contribution in [0, 0.1) is 19.8 Å². The number of rotatable bonds is 5. The van der Waals surface area contributed by atoms with Crippen molar-refractivity contribution in [3.05, 3.63) is 34.4 Å². The molecule has 3 rings (SSSR count). The van der Waals surface area contributed by atoms with Crippen molar-refractivity contribution in [3.8, 4) is 0 Å². The highest BCUT2D eigenvalue weighted by molar-refractivity contribution is 6.06. The molecule has 1 N–H and O–H groups in total. The van der Waals surface area contributed by atoms with Gasteiger partial charge < -0.3 is 10.0 Å². The fourth-order valence-corrected chi connectivity index (χ4v) is 2.87. The highest BCUT2D eigenvalue weighted by atomic mass is 16.4. The number of hydrogen-bond acceptors (Lipinski definition) is 2. The van der Waals surface area contributed by atoms with Gasteiger partial charge in [-0.3, -0.25) is 4.79 Å². The van der Waals surface area contributed by atoms with Gasteiger partial charge in [-0.05, 0) is 56.6 Å². The van der Waals surface area contributed by atoms with Crippen molar-refractivity contribution in [3.63, 3.8) is 0 Å². The molecule has 0 saturated heterocycles. The van der Waals surface area contributed by atoms with Gasteiger partial charge in [-0.2, -0.15) is 0 Å². The van der Waals surface area contributed by atoms with E-state index >= 15 is 0 Å². The molecule has 112 valence electrons. The van der Waals surface area contributed by atoms with Crippen LogP contribution in [-0.4, -0.2) is 34.5 Å². The minimum Gasteiger partial charge on any atom is -0.478 e. The zero-order chi connectivity index (χ0) is 15.1. The van der Waals surface area contributed by atoms with Crippen molar-refractivity contribution in [1.29, 1.82) is 0 Å². The highest BCUT2D eigenvalue weighted by Gasteiger charge is 2.38. The van der Waals surface area contributed by atoms with Crippen LogP contribution in [0.3, 0.4) is 0 Å². The number of benzene rings is 1. The molecule has 2 aliphatic carbocycles. The van der Waals surface area contributed by atoms with E-state index in [1.165, 1.54) is 12.8 Å². The van der Waals surface area contributed by atoms with E-state index < -0.39 is 5.97 Å². The fraction of sp³-hybridized carbons (Fsp3) is 0.529. The molecule has 1 amide bonds. The molecule has 2 fully saturated rings. The number of aromatic carboxylic acids is 1. The zero-order valence-corrected chi connectivity index (χ0v) is 12.6. The number of hydrogen-bond donors (Lipinski definition) is 1. The SMILES string of the molecule is Cc1ccc(C)c(C(=O)N(CC2CC2)C2CC2)c1C(=O)O. The fourth-order valence-electron chi connectivity index (χ4n) is 2.87. The predicted octanol–water partition coefficient (Wildman–Crippen LogP) is 3.02. The first kappa shape index (κ1) is 14.1. The van der Waals surface area contributed by atoms with Gasteiger partial charge in [0.15, 0.2) is 0 Å². The Hall–Kier alpha value is -1.84. The lowest BCUT2D eigenvalue weighted by Gasteiger charge is -2.24. The Balaban J connectivity index is 1.99. The van der Waals surface area contributed by atoms with Gasteiger partial charge >= 0.3 is 5.97 Å². The maximum Gasteiger partial charge on any atom is 0.336 e. The zero-order valence-electron chi connectivity index (χ0n) is 12.6. The maximum absolute atomic E-state index is 13.0. The molecular formula is C17H21NO3. The minimum atomic E-state index is -1.01. The molecule has 0 unspecified atom stereocenters. The largest absolute Gasteiger partial charge is 0.478 e. The smallest absolute Gasteiger partial charge is 0.336 e. The lowest BCUT2D eigenvalue weighted by Crippen LogP contribution is -2.36. The molecule has 0 radical (unpaired) electrons. The minimum absolute atomic E-state index is 0.0944. The molecule has 0 bridgehead atoms. The first-order valence-electron chi connectivity index (χ1n) is 7.63. The van der Waals surface area contributed by atoms with Crippen LogP contribution < -0.4 is 0 Å². The number of nitrogens with zero attached hydrogens (tertiary/aromatic N) is 1. The van der Waals surface area contributed by atoms with Gasteiger partial charge in [-0.1, -0.05) is 12.1 Å². The molecule has 0 heterocycles. The van der Waals surface area contributed by atoms with Crippen LogP contribution in [0.2, 0.25) is 0 Å². The summed E-state index contributed by atoms with van der Waals surface area (Å²) in [5.74, 6) is -0.488. The van der Waals surface area contributed by atoms with Crippen LogP contribution in [0.25, 0.3) is 0 Å². The molecule has 0 aromatic heterocycles. The molecule has 1 aromatic carbocycles. The quantitative estimate of drug-likeness (QED) is 0.905. The molecule has 0 spiro atoms. The number of amides is 1. The predicted molar refractivity (Wildman–Crippen MR) is 79.7 cm³/mol. The Morgan fingerprint density at radius 2 is 1.67 bits per heavy atom. The molecule has 2 aliphatic rings. The summed E-state index contributed by atoms with van der Waals surface area (Å²) in [4.78, 5) is 26.4. The van der Waals surface area contributed by atoms with Gasteiger partial charge in [0.2, 0.25) is 0 Å². The average Bonchev–Trinajstić information content (AvgIpc) is 3.29. The molecular weight excluding hydrogens is 266 g/mol. The van der Waals surface area contributed by atoms with Crippen LogP contribution in [0.5, 0.6) is 0 Å². The van der Waals surface area contributed by atoms with E-state index in [0.717, 1.165) is 24.9 Å². The van der Waals surface area contributed by atoms with E-state index in [9.17, 15) is 14.7 Å². The van der Waals surface area contributed by atoms with Gasteiger partial charge in [0.05, 0.1) is 11.1 Å². The Labute approximate surface area is 124 Å². The van der Waals surface area contributed by atoms with Crippen molar-refractivity contribution in [2.75, 3.05) is 6.54 Å². The third-order valence-electron chi connectivity index (χ3n) is 4.45. The van der Waals surface area contributed by atoms with Crippen LogP contribution in [0.1, 0.15) is 57.5 Å². The highest BCUT2D eigenvalue weighted by Crippen LogP contribution is 2.36. The van der Waals surface area contributed by atoms with Crippen LogP contribution >= 0.6 is 0 Å². The summed E-state index contributed by atoms with van der Waals surface area (Å²) >= 11 is 0. The number of carboxylic acids is 1. The molecule has 1 aromatic rings. The number of aryl methyl sites for hydroxylation is 2. The van der Waals surface area contributed by atoms with Crippen LogP contribution in [-0.2, 0) is 0 Å². The van der Waals surface area contributed by atoms with Gasteiger partial charge in [0.25, 0.3) is 5.91 Å². The van der Waals surface area contributed by atoms with E-state index in [-0.39, 0.29) is 11.5 Å². The van der Waals surface area contributed by atoms with Crippen molar-refractivity contribution in [2.24, 2.45) is 5.92 Å². The summed E-state index contributed by atoms with van der Waals surface area (Å²) in [6.45, 7) is 4.36. The number of carbonyl (C=O) groups is 2. The molecule has 4 nitrogen and oxygen atoms in total. The van der Waals surface area contributed by atoms with E-state index in [4.69, 9.17) is 0 Å². The summed E-state index contributed by atoms with van der Waals surface area (Å²) in [7, 11) is 0. The van der Waals surface area contributed by atoms with E-state index in [0.29, 0.717) is 23.1 Å². The first-order valence-corrected chi connectivity index (χ1v) is 7.63. The topological polar surface area (TPSA) is 57.6 Å². The van der Waals surface area contributed by atoms with Crippen molar-refractivity contribution in [2.45, 2.75) is 45.6 Å². The summed E-state index contributed by atoms with van der Waals surface area (Å²) in [6.07, 6.45) is 4.47. The second kappa shape index (κ2) is 5.17. The summed E-state index contributed by atoms with van der Waals surface area (Å²) in [6, 6.07) is 3.94. The Morgan fingerprint density at radius 3 is 2.14 bits per heavy atom. The summed E-state index contributed by atoms with van der Waals surface area (Å²) < 4.78 is 0. The maximum atomic E-state index is 13.0. The Bertz CT molecular complexity index is 600. The van der Waals surface area contributed by atoms with Crippen molar-refractivity contribution < 1.29 is 14.7 Å². The van der Waals surface area contributed by atoms with Gasteiger partial charge in [-0.15, -0.1) is 0 Å². The third-order valence-corrected chi connectivity index (χ3v) is 4.45. The average molecular weight is 287 g/mol. The molecule has 4 heteroatoms.